The van der Waals surface area contributed by atoms with Crippen LogP contribution in [0.3, 0.4) is 0 Å². The van der Waals surface area contributed by atoms with Gasteiger partial charge >= 0.3 is 18.0 Å². The van der Waals surface area contributed by atoms with Crippen LogP contribution in [0.25, 0.3) is 11.1 Å². The first-order valence-electron chi connectivity index (χ1n) is 12.6. The van der Waals surface area contributed by atoms with Gasteiger partial charge in [-0.15, -0.1) is 0 Å². The Hall–Kier alpha value is -3.92. The molecule has 1 unspecified atom stereocenters. The molecule has 0 radical (unpaired) electrons. The number of rotatable bonds is 11. The van der Waals surface area contributed by atoms with Gasteiger partial charge in [-0.1, -0.05) is 48.5 Å². The Morgan fingerprint density at radius 2 is 1.55 bits per heavy atom. The van der Waals surface area contributed by atoms with E-state index in [4.69, 9.17) is 20.3 Å². The van der Waals surface area contributed by atoms with Crippen molar-refractivity contribution < 1.29 is 33.8 Å². The summed E-state index contributed by atoms with van der Waals surface area (Å²) in [6.45, 7) is 4.60. The first-order chi connectivity index (χ1) is 18.0. The van der Waals surface area contributed by atoms with E-state index in [-0.39, 0.29) is 25.4 Å². The summed E-state index contributed by atoms with van der Waals surface area (Å²) in [5.74, 6) is -2.53. The maximum Gasteiger partial charge on any atom is 0.408 e. The quantitative estimate of drug-likeness (QED) is 0.326. The zero-order valence-electron chi connectivity index (χ0n) is 21.9. The molecule has 0 heterocycles. The Kier molecular flexibility index (Phi) is 9.46. The number of fused-ring (bicyclic) bond motifs is 3. The van der Waals surface area contributed by atoms with Gasteiger partial charge in [0.2, 0.25) is 5.91 Å². The smallest absolute Gasteiger partial charge is 0.408 e. The van der Waals surface area contributed by atoms with Crippen LogP contribution in [0.5, 0.6) is 0 Å². The van der Waals surface area contributed by atoms with Crippen LogP contribution in [0.15, 0.2) is 48.5 Å². The first kappa shape index (κ1) is 28.6. The Labute approximate surface area is 221 Å². The number of nitrogens with one attached hydrogen (secondary N) is 2. The van der Waals surface area contributed by atoms with Gasteiger partial charge in [0.15, 0.2) is 0 Å². The van der Waals surface area contributed by atoms with Crippen molar-refractivity contribution in [2.45, 2.75) is 63.6 Å². The summed E-state index contributed by atoms with van der Waals surface area (Å²) in [7, 11) is 0. The number of carboxylic acids is 1. The number of amides is 2. The molecule has 10 nitrogen and oxygen atoms in total. The lowest BCUT2D eigenvalue weighted by atomic mass is 9.98. The van der Waals surface area contributed by atoms with E-state index in [0.717, 1.165) is 22.3 Å². The fourth-order valence-corrected chi connectivity index (χ4v) is 4.38. The molecule has 2 amide bonds. The fraction of sp³-hybridized carbons (Fsp3) is 0.429. The highest BCUT2D eigenvalue weighted by atomic mass is 16.6. The normalized spacial score (nSPS) is 14.0. The number of nitrogens with two attached hydrogens (primary N) is 1. The summed E-state index contributed by atoms with van der Waals surface area (Å²) in [5, 5.41) is 13.5. The van der Waals surface area contributed by atoms with E-state index in [9.17, 15) is 19.2 Å². The third-order valence-electron chi connectivity index (χ3n) is 6.09. The molecule has 38 heavy (non-hydrogen) atoms. The largest absolute Gasteiger partial charge is 0.480 e. The van der Waals surface area contributed by atoms with Crippen LogP contribution < -0.4 is 16.4 Å². The number of carbonyl (C=O) groups excluding carboxylic acids is 3. The molecule has 0 aliphatic heterocycles. The second-order valence-electron chi connectivity index (χ2n) is 10.2. The molecular weight excluding hydrogens is 490 g/mol. The minimum Gasteiger partial charge on any atom is -0.480 e. The van der Waals surface area contributed by atoms with Crippen molar-refractivity contribution in [3.8, 4) is 11.1 Å². The van der Waals surface area contributed by atoms with Crippen LogP contribution in [-0.4, -0.2) is 59.9 Å². The summed E-state index contributed by atoms with van der Waals surface area (Å²) < 4.78 is 10.8. The topological polar surface area (TPSA) is 157 Å². The second-order valence-corrected chi connectivity index (χ2v) is 10.2. The lowest BCUT2D eigenvalue weighted by molar-refractivity contribution is -0.145. The third kappa shape index (κ3) is 7.79. The van der Waals surface area contributed by atoms with Crippen LogP contribution in [0.1, 0.15) is 57.1 Å². The molecule has 0 spiro atoms. The van der Waals surface area contributed by atoms with Crippen molar-refractivity contribution in [2.24, 2.45) is 5.73 Å². The SMILES string of the molecule is CC(C)(C)OC(=O)N[C@@H](CCCC(N)C(=O)OCC1c2ccccc2-c2ccccc21)C(=O)NCC(=O)O. The highest BCUT2D eigenvalue weighted by Crippen LogP contribution is 2.44. The van der Waals surface area contributed by atoms with Crippen molar-refractivity contribution in [3.63, 3.8) is 0 Å². The monoisotopic (exact) mass is 525 g/mol. The second kappa shape index (κ2) is 12.6. The van der Waals surface area contributed by atoms with Crippen LogP contribution in [0, 0.1) is 0 Å². The summed E-state index contributed by atoms with van der Waals surface area (Å²) in [6, 6.07) is 14.1. The predicted octanol–water partition coefficient (Wildman–Crippen LogP) is 2.93. The molecule has 2 atom stereocenters. The molecule has 3 rings (SSSR count). The van der Waals surface area contributed by atoms with E-state index in [2.05, 4.69) is 22.8 Å². The molecule has 10 heteroatoms. The minimum absolute atomic E-state index is 0.0844. The molecule has 0 aromatic heterocycles. The van der Waals surface area contributed by atoms with E-state index in [0.29, 0.717) is 6.42 Å². The Morgan fingerprint density at radius 3 is 2.11 bits per heavy atom. The summed E-state index contributed by atoms with van der Waals surface area (Å²) >= 11 is 0. The van der Waals surface area contributed by atoms with Gasteiger partial charge in [0.05, 0.1) is 0 Å². The van der Waals surface area contributed by atoms with Crippen LogP contribution in [-0.2, 0) is 23.9 Å². The maximum atomic E-state index is 12.7. The van der Waals surface area contributed by atoms with Crippen molar-refractivity contribution in [1.29, 1.82) is 0 Å². The predicted molar refractivity (Wildman–Crippen MR) is 140 cm³/mol. The van der Waals surface area contributed by atoms with Gasteiger partial charge in [0.25, 0.3) is 0 Å². The molecule has 2 aromatic carbocycles. The average molecular weight is 526 g/mol. The Bertz CT molecular complexity index is 1130. The standard InChI is InChI=1S/C28H35N3O7/c1-28(2,3)38-27(36)31-23(25(34)30-15-24(32)33)14-8-13-22(29)26(35)37-16-21-19-11-6-4-9-17(19)18-10-5-7-12-20(18)21/h4-7,9-12,21-23H,8,13-16,29H2,1-3H3,(H,30,34)(H,31,36)(H,32,33)/t22?,23-/m0/s1. The van der Waals surface area contributed by atoms with Crippen molar-refractivity contribution >= 4 is 23.9 Å². The number of hydrogen-bond donors (Lipinski definition) is 4. The molecule has 0 saturated heterocycles. The minimum atomic E-state index is -1.22. The summed E-state index contributed by atoms with van der Waals surface area (Å²) in [6.07, 6.45) is -0.190. The van der Waals surface area contributed by atoms with Crippen molar-refractivity contribution in [3.05, 3.63) is 59.7 Å². The van der Waals surface area contributed by atoms with E-state index < -0.39 is 48.2 Å². The van der Waals surface area contributed by atoms with Crippen molar-refractivity contribution in [2.75, 3.05) is 13.2 Å². The van der Waals surface area contributed by atoms with E-state index in [1.54, 1.807) is 20.8 Å². The number of carboxylic acid groups (broad SMARTS) is 1. The highest BCUT2D eigenvalue weighted by Gasteiger charge is 2.30. The zero-order valence-corrected chi connectivity index (χ0v) is 21.9. The zero-order chi connectivity index (χ0) is 27.9. The molecule has 1 aliphatic carbocycles. The summed E-state index contributed by atoms with van der Waals surface area (Å²) in [4.78, 5) is 48.1. The van der Waals surface area contributed by atoms with E-state index in [1.807, 2.05) is 36.4 Å². The molecule has 204 valence electrons. The van der Waals surface area contributed by atoms with Crippen molar-refractivity contribution in [1.82, 2.24) is 10.6 Å². The van der Waals surface area contributed by atoms with Crippen LogP contribution in [0.2, 0.25) is 0 Å². The number of carbonyl (C=O) groups is 4. The maximum absolute atomic E-state index is 12.7. The van der Waals surface area contributed by atoms with Crippen LogP contribution in [0.4, 0.5) is 4.79 Å². The van der Waals surface area contributed by atoms with Gasteiger partial charge in [-0.05, 0) is 62.3 Å². The Morgan fingerprint density at radius 1 is 0.974 bits per heavy atom. The Balaban J connectivity index is 1.54. The number of alkyl carbamates (subject to hydrolysis) is 1. The van der Waals surface area contributed by atoms with Gasteiger partial charge < -0.3 is 30.9 Å². The van der Waals surface area contributed by atoms with E-state index in [1.165, 1.54) is 0 Å². The number of benzene rings is 2. The summed E-state index contributed by atoms with van der Waals surface area (Å²) in [5.41, 5.74) is 9.73. The van der Waals surface area contributed by atoms with Gasteiger partial charge in [0.1, 0.15) is 30.8 Å². The highest BCUT2D eigenvalue weighted by molar-refractivity contribution is 5.88. The first-order valence-corrected chi connectivity index (χ1v) is 12.6. The van der Waals surface area contributed by atoms with Gasteiger partial charge in [-0.25, -0.2) is 4.79 Å². The fourth-order valence-electron chi connectivity index (χ4n) is 4.38. The molecule has 5 N–H and O–H groups in total. The molecule has 0 fully saturated rings. The number of esters is 1. The van der Waals surface area contributed by atoms with Gasteiger partial charge in [-0.2, -0.15) is 0 Å². The molecule has 0 saturated carbocycles. The number of aliphatic carboxylic acids is 1. The molecule has 0 bridgehead atoms. The number of ether oxygens (including phenoxy) is 2. The molecule has 2 aromatic rings. The third-order valence-corrected chi connectivity index (χ3v) is 6.09. The molecule has 1 aliphatic rings. The van der Waals surface area contributed by atoms with Crippen LogP contribution >= 0.6 is 0 Å². The van der Waals surface area contributed by atoms with Gasteiger partial charge in [0, 0.05) is 5.92 Å². The van der Waals surface area contributed by atoms with E-state index >= 15 is 0 Å². The lowest BCUT2D eigenvalue weighted by Gasteiger charge is -2.23. The van der Waals surface area contributed by atoms with Gasteiger partial charge in [-0.3, -0.25) is 14.4 Å². The number of hydrogen-bond acceptors (Lipinski definition) is 7. The molecular formula is C28H35N3O7. The average Bonchev–Trinajstić information content (AvgIpc) is 3.17. The lowest BCUT2D eigenvalue weighted by Crippen LogP contribution is -2.49.